The zero-order chi connectivity index (χ0) is 18.2. The molecule has 2 rings (SSSR count). The van der Waals surface area contributed by atoms with E-state index in [1.165, 1.54) is 6.42 Å². The van der Waals surface area contributed by atoms with Gasteiger partial charge in [0.15, 0.2) is 0 Å². The van der Waals surface area contributed by atoms with Crippen LogP contribution in [0, 0.1) is 11.3 Å². The number of nitrogens with one attached hydrogen (secondary N) is 1. The maximum absolute atomic E-state index is 12.8. The lowest BCUT2D eigenvalue weighted by molar-refractivity contribution is -0.132. The van der Waals surface area contributed by atoms with E-state index in [2.05, 4.69) is 18.3 Å². The third kappa shape index (κ3) is 5.35. The fraction of sp³-hybridized carbons (Fsp3) is 0.842. The molecule has 0 aromatic carbocycles. The smallest absolute Gasteiger partial charge is 0.318 e. The van der Waals surface area contributed by atoms with Gasteiger partial charge in [-0.05, 0) is 39.0 Å². The second kappa shape index (κ2) is 9.65. The number of nitriles is 1. The van der Waals surface area contributed by atoms with Crippen molar-refractivity contribution < 1.29 is 9.59 Å². The molecule has 3 amide bonds. The molecule has 0 aromatic rings. The number of hydrogen-bond acceptors (Lipinski definition) is 3. The first kappa shape index (κ1) is 19.6. The standard InChI is InChI=1S/C19H32N4O2/c1-3-8-15(2)21-19(25)23(16-9-5-4-6-10-16)14-18(24)22-12-7-11-17(22)13-20/h15-17H,3-12,14H2,1-2H3,(H,21,25)/t15?,17-/m0/s1. The van der Waals surface area contributed by atoms with Crippen LogP contribution < -0.4 is 5.32 Å². The predicted molar refractivity (Wildman–Crippen MR) is 96.8 cm³/mol. The van der Waals surface area contributed by atoms with Gasteiger partial charge in [-0.2, -0.15) is 5.26 Å². The third-order valence-corrected chi connectivity index (χ3v) is 5.40. The van der Waals surface area contributed by atoms with Crippen LogP contribution in [0.4, 0.5) is 4.79 Å². The van der Waals surface area contributed by atoms with Crippen LogP contribution in [0.1, 0.15) is 71.6 Å². The minimum Gasteiger partial charge on any atom is -0.336 e. The molecule has 6 heteroatoms. The van der Waals surface area contributed by atoms with E-state index in [-0.39, 0.29) is 36.6 Å². The molecular formula is C19H32N4O2. The van der Waals surface area contributed by atoms with Gasteiger partial charge in [-0.3, -0.25) is 4.79 Å². The molecule has 0 bridgehead atoms. The molecule has 2 atom stereocenters. The minimum absolute atomic E-state index is 0.0899. The van der Waals surface area contributed by atoms with Crippen LogP contribution in [0.15, 0.2) is 0 Å². The highest BCUT2D eigenvalue weighted by Gasteiger charge is 2.33. The first-order valence-corrected chi connectivity index (χ1v) is 9.83. The van der Waals surface area contributed by atoms with Crippen LogP contribution in [-0.4, -0.2) is 53.0 Å². The second-order valence-electron chi connectivity index (χ2n) is 7.43. The van der Waals surface area contributed by atoms with Gasteiger partial charge in [0.1, 0.15) is 12.6 Å². The summed E-state index contributed by atoms with van der Waals surface area (Å²) in [6.07, 6.45) is 8.90. The van der Waals surface area contributed by atoms with Crippen molar-refractivity contribution in [3.05, 3.63) is 0 Å². The quantitative estimate of drug-likeness (QED) is 0.801. The Kier molecular flexibility index (Phi) is 7.54. The normalized spacial score (nSPS) is 22.3. The van der Waals surface area contributed by atoms with Crippen LogP contribution in [0.25, 0.3) is 0 Å². The average molecular weight is 348 g/mol. The van der Waals surface area contributed by atoms with Crippen molar-refractivity contribution in [2.45, 2.75) is 89.8 Å². The molecule has 25 heavy (non-hydrogen) atoms. The zero-order valence-corrected chi connectivity index (χ0v) is 15.7. The topological polar surface area (TPSA) is 76.4 Å². The van der Waals surface area contributed by atoms with E-state index in [0.29, 0.717) is 6.54 Å². The monoisotopic (exact) mass is 348 g/mol. The Balaban J connectivity index is 2.04. The van der Waals surface area contributed by atoms with Crippen LogP contribution in [0.5, 0.6) is 0 Å². The summed E-state index contributed by atoms with van der Waals surface area (Å²) < 4.78 is 0. The Morgan fingerprint density at radius 1 is 1.24 bits per heavy atom. The lowest BCUT2D eigenvalue weighted by Crippen LogP contribution is -2.53. The fourth-order valence-electron chi connectivity index (χ4n) is 3.99. The maximum atomic E-state index is 12.8. The summed E-state index contributed by atoms with van der Waals surface area (Å²) >= 11 is 0. The SMILES string of the molecule is CCCC(C)NC(=O)N(CC(=O)N1CCC[C@H]1C#N)C1CCCCC1. The third-order valence-electron chi connectivity index (χ3n) is 5.40. The van der Waals surface area contributed by atoms with Gasteiger partial charge in [-0.25, -0.2) is 4.79 Å². The molecule has 1 aliphatic carbocycles. The second-order valence-corrected chi connectivity index (χ2v) is 7.43. The number of carbonyl (C=O) groups is 2. The summed E-state index contributed by atoms with van der Waals surface area (Å²) in [6.45, 7) is 4.83. The van der Waals surface area contributed by atoms with E-state index in [1.54, 1.807) is 9.80 Å². The number of rotatable bonds is 6. The van der Waals surface area contributed by atoms with Crippen molar-refractivity contribution in [3.8, 4) is 6.07 Å². The van der Waals surface area contributed by atoms with E-state index in [1.807, 2.05) is 6.92 Å². The van der Waals surface area contributed by atoms with Crippen molar-refractivity contribution >= 4 is 11.9 Å². The van der Waals surface area contributed by atoms with E-state index < -0.39 is 0 Å². The van der Waals surface area contributed by atoms with E-state index in [0.717, 1.165) is 51.4 Å². The molecular weight excluding hydrogens is 316 g/mol. The van der Waals surface area contributed by atoms with Crippen molar-refractivity contribution in [1.82, 2.24) is 15.1 Å². The summed E-state index contributed by atoms with van der Waals surface area (Å²) in [5.74, 6) is -0.0899. The summed E-state index contributed by atoms with van der Waals surface area (Å²) in [7, 11) is 0. The van der Waals surface area contributed by atoms with Crippen LogP contribution in [0.3, 0.4) is 0 Å². The molecule has 0 aromatic heterocycles. The van der Waals surface area contributed by atoms with Crippen molar-refractivity contribution in [3.63, 3.8) is 0 Å². The van der Waals surface area contributed by atoms with Crippen molar-refractivity contribution in [2.24, 2.45) is 0 Å². The molecule has 0 spiro atoms. The van der Waals surface area contributed by atoms with Crippen LogP contribution >= 0.6 is 0 Å². The molecule has 1 N–H and O–H groups in total. The van der Waals surface area contributed by atoms with Crippen molar-refractivity contribution in [2.75, 3.05) is 13.1 Å². The Hall–Kier alpha value is -1.77. The van der Waals surface area contributed by atoms with Gasteiger partial charge in [-0.1, -0.05) is 32.6 Å². The molecule has 2 fully saturated rings. The molecule has 1 unspecified atom stereocenters. The number of hydrogen-bond donors (Lipinski definition) is 1. The maximum Gasteiger partial charge on any atom is 0.318 e. The number of carbonyl (C=O) groups excluding carboxylic acids is 2. The van der Waals surface area contributed by atoms with E-state index >= 15 is 0 Å². The summed E-state index contributed by atoms with van der Waals surface area (Å²) in [5.41, 5.74) is 0. The van der Waals surface area contributed by atoms with Crippen LogP contribution in [0.2, 0.25) is 0 Å². The fourth-order valence-corrected chi connectivity index (χ4v) is 3.99. The largest absolute Gasteiger partial charge is 0.336 e. The molecule has 1 saturated carbocycles. The predicted octanol–water partition coefficient (Wildman–Crippen LogP) is 3.03. The number of nitrogens with zero attached hydrogens (tertiary/aromatic N) is 3. The number of amides is 3. The Morgan fingerprint density at radius 3 is 2.60 bits per heavy atom. The molecule has 1 aliphatic heterocycles. The highest BCUT2D eigenvalue weighted by molar-refractivity contribution is 5.85. The molecule has 1 heterocycles. The Bertz CT molecular complexity index is 496. The first-order valence-electron chi connectivity index (χ1n) is 9.83. The number of urea groups is 1. The van der Waals surface area contributed by atoms with Gasteiger partial charge in [0.25, 0.3) is 0 Å². The van der Waals surface area contributed by atoms with Gasteiger partial charge < -0.3 is 15.1 Å². The van der Waals surface area contributed by atoms with E-state index in [4.69, 9.17) is 0 Å². The minimum atomic E-state index is -0.331. The van der Waals surface area contributed by atoms with E-state index in [9.17, 15) is 14.9 Å². The van der Waals surface area contributed by atoms with Crippen molar-refractivity contribution in [1.29, 1.82) is 5.26 Å². The van der Waals surface area contributed by atoms with Crippen LogP contribution in [-0.2, 0) is 4.79 Å². The number of likely N-dealkylation sites (tertiary alicyclic amines) is 1. The highest BCUT2D eigenvalue weighted by Crippen LogP contribution is 2.24. The molecule has 1 saturated heterocycles. The first-order chi connectivity index (χ1) is 12.1. The molecule has 2 aliphatic rings. The Morgan fingerprint density at radius 2 is 1.96 bits per heavy atom. The van der Waals surface area contributed by atoms with Gasteiger partial charge in [0.2, 0.25) is 5.91 Å². The van der Waals surface area contributed by atoms with Gasteiger partial charge in [0.05, 0.1) is 6.07 Å². The van der Waals surface area contributed by atoms with Gasteiger partial charge in [-0.15, -0.1) is 0 Å². The average Bonchev–Trinajstić information content (AvgIpc) is 3.09. The summed E-state index contributed by atoms with van der Waals surface area (Å²) in [4.78, 5) is 28.9. The van der Waals surface area contributed by atoms with Gasteiger partial charge in [0, 0.05) is 18.6 Å². The lowest BCUT2D eigenvalue weighted by atomic mass is 9.94. The molecule has 6 nitrogen and oxygen atoms in total. The summed E-state index contributed by atoms with van der Waals surface area (Å²) in [6, 6.07) is 1.99. The zero-order valence-electron chi connectivity index (χ0n) is 15.7. The lowest BCUT2D eigenvalue weighted by Gasteiger charge is -2.36. The summed E-state index contributed by atoms with van der Waals surface area (Å²) in [5, 5.41) is 12.3. The van der Waals surface area contributed by atoms with Gasteiger partial charge >= 0.3 is 6.03 Å². The highest BCUT2D eigenvalue weighted by atomic mass is 16.2. The molecule has 0 radical (unpaired) electrons. The Labute approximate surface area is 151 Å². The molecule has 140 valence electrons.